The van der Waals surface area contributed by atoms with E-state index in [-0.39, 0.29) is 19.0 Å². The van der Waals surface area contributed by atoms with Gasteiger partial charge in [-0.3, -0.25) is 9.69 Å². The quantitative estimate of drug-likeness (QED) is 0.666. The summed E-state index contributed by atoms with van der Waals surface area (Å²) in [5.74, 6) is 1.000. The molecule has 2 unspecified atom stereocenters. The largest absolute Gasteiger partial charge is 0.480 e. The fraction of sp³-hybridized carbons (Fsp3) is 0.857. The summed E-state index contributed by atoms with van der Waals surface area (Å²) >= 11 is 0. The van der Waals surface area contributed by atoms with Crippen molar-refractivity contribution in [3.05, 3.63) is 0 Å². The van der Waals surface area contributed by atoms with Gasteiger partial charge in [0.2, 0.25) is 0 Å². The van der Waals surface area contributed by atoms with Crippen LogP contribution in [0.5, 0.6) is 0 Å². The van der Waals surface area contributed by atoms with Gasteiger partial charge in [0.1, 0.15) is 0 Å². The molecule has 1 saturated heterocycles. The molecular formula is C7H12ClNO2. The number of halogens is 1. The summed E-state index contributed by atoms with van der Waals surface area (Å²) in [5.41, 5.74) is 0. The second-order valence-electron chi connectivity index (χ2n) is 3.34. The van der Waals surface area contributed by atoms with Crippen molar-refractivity contribution in [3.8, 4) is 0 Å². The second kappa shape index (κ2) is 2.99. The molecule has 2 aliphatic rings. The summed E-state index contributed by atoms with van der Waals surface area (Å²) < 4.78 is 0. The lowest BCUT2D eigenvalue weighted by Crippen LogP contribution is -2.28. The van der Waals surface area contributed by atoms with Crippen LogP contribution in [-0.2, 0) is 4.79 Å². The van der Waals surface area contributed by atoms with Gasteiger partial charge in [-0.25, -0.2) is 0 Å². The first kappa shape index (κ1) is 8.81. The van der Waals surface area contributed by atoms with Gasteiger partial charge >= 0.3 is 5.97 Å². The summed E-state index contributed by atoms with van der Waals surface area (Å²) in [7, 11) is 0. The van der Waals surface area contributed by atoms with Crippen LogP contribution < -0.4 is 0 Å². The van der Waals surface area contributed by atoms with Gasteiger partial charge in [0, 0.05) is 13.1 Å². The summed E-state index contributed by atoms with van der Waals surface area (Å²) in [6.07, 6.45) is 1.34. The average Bonchev–Trinajstić information content (AvgIpc) is 2.39. The predicted octanol–water partition coefficient (Wildman–Crippen LogP) is 0.444. The Hall–Kier alpha value is -0.280. The minimum Gasteiger partial charge on any atom is -0.480 e. The number of carboxylic acids is 1. The van der Waals surface area contributed by atoms with Crippen molar-refractivity contribution in [2.45, 2.75) is 6.42 Å². The molecule has 0 radical (unpaired) electrons. The number of nitrogens with zero attached hydrogens (tertiary/aromatic N) is 1. The second-order valence-corrected chi connectivity index (χ2v) is 3.34. The topological polar surface area (TPSA) is 40.5 Å². The van der Waals surface area contributed by atoms with E-state index in [1.807, 2.05) is 4.90 Å². The van der Waals surface area contributed by atoms with Crippen molar-refractivity contribution in [2.75, 3.05) is 19.6 Å². The Morgan fingerprint density at radius 2 is 2.00 bits per heavy atom. The average molecular weight is 178 g/mol. The molecule has 4 heteroatoms. The summed E-state index contributed by atoms with van der Waals surface area (Å²) in [6, 6.07) is 0. The maximum atomic E-state index is 10.2. The number of aliphatic carboxylic acids is 1. The van der Waals surface area contributed by atoms with E-state index in [1.54, 1.807) is 0 Å². The van der Waals surface area contributed by atoms with Crippen molar-refractivity contribution < 1.29 is 9.90 Å². The molecule has 2 rings (SSSR count). The number of likely N-dealkylation sites (tertiary alicyclic amines) is 1. The molecule has 3 nitrogen and oxygen atoms in total. The highest BCUT2D eigenvalue weighted by Gasteiger charge is 2.45. The first-order chi connectivity index (χ1) is 4.75. The van der Waals surface area contributed by atoms with Gasteiger partial charge in [-0.15, -0.1) is 12.4 Å². The maximum Gasteiger partial charge on any atom is 0.317 e. The Morgan fingerprint density at radius 3 is 2.45 bits per heavy atom. The molecule has 1 aliphatic carbocycles. The smallest absolute Gasteiger partial charge is 0.317 e. The number of fused-ring (bicyclic) bond motifs is 1. The van der Waals surface area contributed by atoms with Crippen LogP contribution in [0, 0.1) is 11.8 Å². The molecule has 0 aromatic heterocycles. The Bertz CT molecular complexity index is 164. The molecule has 0 spiro atoms. The molecule has 1 saturated carbocycles. The van der Waals surface area contributed by atoms with Crippen molar-refractivity contribution in [1.82, 2.24) is 4.90 Å². The molecular weight excluding hydrogens is 166 g/mol. The molecule has 0 bridgehead atoms. The molecule has 11 heavy (non-hydrogen) atoms. The molecule has 0 amide bonds. The third kappa shape index (κ3) is 1.84. The van der Waals surface area contributed by atoms with E-state index in [9.17, 15) is 4.79 Å². The summed E-state index contributed by atoms with van der Waals surface area (Å²) in [5, 5.41) is 8.43. The van der Waals surface area contributed by atoms with Crippen LogP contribution in [0.2, 0.25) is 0 Å². The van der Waals surface area contributed by atoms with E-state index in [0.29, 0.717) is 0 Å². The zero-order valence-corrected chi connectivity index (χ0v) is 7.01. The van der Waals surface area contributed by atoms with E-state index in [4.69, 9.17) is 5.11 Å². The fourth-order valence-corrected chi connectivity index (χ4v) is 1.82. The first-order valence-electron chi connectivity index (χ1n) is 3.70. The lowest BCUT2D eigenvalue weighted by molar-refractivity contribution is -0.138. The molecule has 1 N–H and O–H groups in total. The molecule has 0 aromatic rings. The normalized spacial score (nSPS) is 34.2. The van der Waals surface area contributed by atoms with Crippen LogP contribution in [0.1, 0.15) is 6.42 Å². The van der Waals surface area contributed by atoms with Crippen LogP contribution >= 0.6 is 12.4 Å². The lowest BCUT2D eigenvalue weighted by Gasteiger charge is -2.13. The third-order valence-corrected chi connectivity index (χ3v) is 2.41. The number of rotatable bonds is 2. The van der Waals surface area contributed by atoms with Gasteiger partial charge in [0.05, 0.1) is 6.54 Å². The Kier molecular flexibility index (Phi) is 2.40. The van der Waals surface area contributed by atoms with Crippen molar-refractivity contribution in [1.29, 1.82) is 0 Å². The number of carboxylic acid groups (broad SMARTS) is 1. The van der Waals surface area contributed by atoms with Gasteiger partial charge in [-0.05, 0) is 18.3 Å². The van der Waals surface area contributed by atoms with E-state index < -0.39 is 5.97 Å². The Labute approximate surface area is 71.8 Å². The monoisotopic (exact) mass is 177 g/mol. The molecule has 0 aromatic carbocycles. The number of hydrogen-bond acceptors (Lipinski definition) is 2. The minimum atomic E-state index is -0.693. The van der Waals surface area contributed by atoms with Crippen molar-refractivity contribution >= 4 is 18.4 Å². The molecule has 1 aliphatic heterocycles. The highest BCUT2D eigenvalue weighted by molar-refractivity contribution is 5.85. The van der Waals surface area contributed by atoms with Crippen molar-refractivity contribution in [3.63, 3.8) is 0 Å². The van der Waals surface area contributed by atoms with E-state index in [1.165, 1.54) is 6.42 Å². The molecule has 1 heterocycles. The molecule has 2 atom stereocenters. The van der Waals surface area contributed by atoms with Crippen molar-refractivity contribution in [2.24, 2.45) is 11.8 Å². The minimum absolute atomic E-state index is 0. The summed E-state index contributed by atoms with van der Waals surface area (Å²) in [4.78, 5) is 12.3. The number of carbonyl (C=O) groups is 1. The van der Waals surface area contributed by atoms with Gasteiger partial charge in [-0.1, -0.05) is 0 Å². The van der Waals surface area contributed by atoms with E-state index >= 15 is 0 Å². The van der Waals surface area contributed by atoms with Crippen LogP contribution in [0.3, 0.4) is 0 Å². The summed E-state index contributed by atoms with van der Waals surface area (Å²) in [6.45, 7) is 2.29. The fourth-order valence-electron chi connectivity index (χ4n) is 1.82. The predicted molar refractivity (Wildman–Crippen MR) is 42.9 cm³/mol. The maximum absolute atomic E-state index is 10.2. The van der Waals surface area contributed by atoms with E-state index in [0.717, 1.165) is 24.9 Å². The Morgan fingerprint density at radius 1 is 1.45 bits per heavy atom. The Balaban J connectivity index is 0.000000605. The number of piperidine rings is 1. The number of hydrogen-bond donors (Lipinski definition) is 1. The molecule has 2 fully saturated rings. The third-order valence-electron chi connectivity index (χ3n) is 2.41. The molecule has 64 valence electrons. The zero-order valence-electron chi connectivity index (χ0n) is 6.19. The van der Waals surface area contributed by atoms with Crippen LogP contribution in [0.15, 0.2) is 0 Å². The van der Waals surface area contributed by atoms with Crippen LogP contribution in [-0.4, -0.2) is 35.6 Å². The first-order valence-corrected chi connectivity index (χ1v) is 3.70. The van der Waals surface area contributed by atoms with E-state index in [2.05, 4.69) is 0 Å². The highest BCUT2D eigenvalue weighted by atomic mass is 35.5. The van der Waals surface area contributed by atoms with Gasteiger partial charge in [0.25, 0.3) is 0 Å². The highest BCUT2D eigenvalue weighted by Crippen LogP contribution is 2.44. The standard InChI is InChI=1S/C7H11NO2.ClH/c9-7(10)4-8-2-5-1-6(5)3-8;/h5-6H,1-4H2,(H,9,10);1H. The lowest BCUT2D eigenvalue weighted by atomic mass is 10.4. The SMILES string of the molecule is Cl.O=C(O)CN1CC2CC2C1. The van der Waals surface area contributed by atoms with Gasteiger partial charge in [0.15, 0.2) is 0 Å². The van der Waals surface area contributed by atoms with Crippen LogP contribution in [0.25, 0.3) is 0 Å². The van der Waals surface area contributed by atoms with Crippen LogP contribution in [0.4, 0.5) is 0 Å². The zero-order chi connectivity index (χ0) is 7.14. The van der Waals surface area contributed by atoms with Gasteiger partial charge in [-0.2, -0.15) is 0 Å². The van der Waals surface area contributed by atoms with Gasteiger partial charge < -0.3 is 5.11 Å².